The predicted molar refractivity (Wildman–Crippen MR) is 109 cm³/mol. The van der Waals surface area contributed by atoms with Gasteiger partial charge in [-0.05, 0) is 112 Å². The van der Waals surface area contributed by atoms with Gasteiger partial charge in [-0.2, -0.15) is 0 Å². The summed E-state index contributed by atoms with van der Waals surface area (Å²) in [5, 5.41) is 0. The summed E-state index contributed by atoms with van der Waals surface area (Å²) in [6, 6.07) is 0. The first kappa shape index (κ1) is 17.5. The molecule has 0 amide bonds. The Bertz CT molecular complexity index is 842. The van der Waals surface area contributed by atoms with E-state index in [2.05, 4.69) is 12.2 Å². The van der Waals surface area contributed by atoms with Crippen molar-refractivity contribution >= 4 is 6.16 Å². The Morgan fingerprint density at radius 1 is 0.800 bits per heavy atom. The van der Waals surface area contributed by atoms with Crippen LogP contribution >= 0.6 is 0 Å². The van der Waals surface area contributed by atoms with Crippen molar-refractivity contribution in [1.29, 1.82) is 0 Å². The van der Waals surface area contributed by atoms with E-state index < -0.39 is 11.8 Å². The molecule has 0 aromatic carbocycles. The SMILES string of the molecule is CC(C)(C)OC(=O)OC1CC2CC1C1C3OC(C21)C1C2CC(C4C5C=CC(C5)C24)C31. The van der Waals surface area contributed by atoms with Crippen LogP contribution in [-0.4, -0.2) is 30.1 Å². The molecule has 8 aliphatic rings. The second-order valence-corrected chi connectivity index (χ2v) is 13.1. The number of carbonyl (C=O) groups excluding carboxylic acids is 1. The Morgan fingerprint density at radius 2 is 1.43 bits per heavy atom. The fourth-order valence-corrected chi connectivity index (χ4v) is 11.0. The third-order valence-corrected chi connectivity index (χ3v) is 11.1. The average Bonchev–Trinajstić information content (AvgIpc) is 3.51. The fraction of sp³-hybridized carbons (Fsp3) is 0.885. The maximum atomic E-state index is 12.3. The molecule has 15 atom stereocenters. The summed E-state index contributed by atoms with van der Waals surface area (Å²) in [6.07, 6.45) is 10.9. The number of rotatable bonds is 1. The van der Waals surface area contributed by atoms with E-state index >= 15 is 0 Å². The molecule has 0 spiro atoms. The highest BCUT2D eigenvalue weighted by Crippen LogP contribution is 2.77. The first-order valence-corrected chi connectivity index (χ1v) is 12.6. The number of fused-ring (bicyclic) bond motifs is 23. The second-order valence-electron chi connectivity index (χ2n) is 13.1. The molecule has 7 fully saturated rings. The van der Waals surface area contributed by atoms with E-state index in [1.165, 1.54) is 19.3 Å². The molecular formula is C26H34O4. The van der Waals surface area contributed by atoms with Crippen LogP contribution in [0.25, 0.3) is 0 Å². The van der Waals surface area contributed by atoms with E-state index in [9.17, 15) is 4.79 Å². The van der Waals surface area contributed by atoms with Crippen molar-refractivity contribution in [3.63, 3.8) is 0 Å². The van der Waals surface area contributed by atoms with E-state index in [0.717, 1.165) is 59.7 Å². The van der Waals surface area contributed by atoms with Crippen LogP contribution in [0.2, 0.25) is 0 Å². The zero-order valence-electron chi connectivity index (χ0n) is 18.3. The smallest absolute Gasteiger partial charge is 0.431 e. The highest BCUT2D eigenvalue weighted by atomic mass is 16.7. The first-order chi connectivity index (χ1) is 14.4. The predicted octanol–water partition coefficient (Wildman–Crippen LogP) is 4.68. The third kappa shape index (κ3) is 1.93. The Balaban J connectivity index is 1.06. The lowest BCUT2D eigenvalue weighted by molar-refractivity contribution is -0.0610. The average molecular weight is 411 g/mol. The zero-order chi connectivity index (χ0) is 20.1. The topological polar surface area (TPSA) is 44.8 Å². The van der Waals surface area contributed by atoms with Crippen molar-refractivity contribution in [3.05, 3.63) is 12.2 Å². The van der Waals surface area contributed by atoms with Gasteiger partial charge in [-0.25, -0.2) is 4.79 Å². The lowest BCUT2D eigenvalue weighted by Crippen LogP contribution is -2.51. The molecule has 0 N–H and O–H groups in total. The highest BCUT2D eigenvalue weighted by molar-refractivity contribution is 5.61. The van der Waals surface area contributed by atoms with Crippen molar-refractivity contribution in [2.24, 2.45) is 71.0 Å². The van der Waals surface area contributed by atoms with E-state index in [1.54, 1.807) is 0 Å². The number of ether oxygens (including phenoxy) is 3. The standard InChI is InChI=1S/C26H34O4/c1-26(2,3)30-25(27)28-16-8-12-7-13(16)20-19(12)23-21-14-9-15(22(21)24(20)29-23)18-11-5-4-10(6-11)17(14)18/h4-5,10-24H,6-9H2,1-3H3. The lowest BCUT2D eigenvalue weighted by atomic mass is 9.55. The molecule has 0 aromatic rings. The molecule has 4 nitrogen and oxygen atoms in total. The summed E-state index contributed by atoms with van der Waals surface area (Å²) in [5.41, 5.74) is -0.491. The van der Waals surface area contributed by atoms with Crippen molar-refractivity contribution in [1.82, 2.24) is 0 Å². The number of carbonyl (C=O) groups is 1. The number of allylic oxidation sites excluding steroid dienone is 2. The largest absolute Gasteiger partial charge is 0.509 e. The molecule has 2 aliphatic heterocycles. The van der Waals surface area contributed by atoms with Crippen LogP contribution in [0.1, 0.15) is 46.5 Å². The van der Waals surface area contributed by atoms with E-state index in [1.807, 2.05) is 20.8 Å². The minimum Gasteiger partial charge on any atom is -0.431 e. The van der Waals surface area contributed by atoms with Crippen LogP contribution in [0.3, 0.4) is 0 Å². The summed E-state index contributed by atoms with van der Waals surface area (Å²) >= 11 is 0. The van der Waals surface area contributed by atoms with Gasteiger partial charge in [0.25, 0.3) is 0 Å². The number of hydrogen-bond donors (Lipinski definition) is 0. The van der Waals surface area contributed by atoms with E-state index in [4.69, 9.17) is 14.2 Å². The van der Waals surface area contributed by atoms with Gasteiger partial charge in [-0.1, -0.05) is 12.2 Å². The normalized spacial score (nSPS) is 62.2. The monoisotopic (exact) mass is 410 g/mol. The van der Waals surface area contributed by atoms with Gasteiger partial charge in [-0.15, -0.1) is 0 Å². The third-order valence-electron chi connectivity index (χ3n) is 11.1. The van der Waals surface area contributed by atoms with Crippen LogP contribution in [-0.2, 0) is 14.2 Å². The fourth-order valence-electron chi connectivity index (χ4n) is 11.0. The Morgan fingerprint density at radius 3 is 2.10 bits per heavy atom. The zero-order valence-corrected chi connectivity index (χ0v) is 18.3. The van der Waals surface area contributed by atoms with Gasteiger partial charge in [0.15, 0.2) is 0 Å². The maximum absolute atomic E-state index is 12.3. The Hall–Kier alpha value is -1.03. The molecule has 2 heterocycles. The number of hydrogen-bond acceptors (Lipinski definition) is 4. The molecule has 8 bridgehead atoms. The Kier molecular flexibility index (Phi) is 3.09. The van der Waals surface area contributed by atoms with Gasteiger partial charge in [0.2, 0.25) is 0 Å². The quantitative estimate of drug-likeness (QED) is 0.358. The van der Waals surface area contributed by atoms with E-state index in [0.29, 0.717) is 30.0 Å². The molecule has 2 saturated heterocycles. The summed E-state index contributed by atoms with van der Waals surface area (Å²) in [6.45, 7) is 5.72. The molecule has 8 rings (SSSR count). The van der Waals surface area contributed by atoms with Crippen LogP contribution in [0.5, 0.6) is 0 Å². The summed E-state index contributed by atoms with van der Waals surface area (Å²) in [7, 11) is 0. The minimum atomic E-state index is -0.491. The minimum absolute atomic E-state index is 0.0456. The maximum Gasteiger partial charge on any atom is 0.509 e. The summed E-state index contributed by atoms with van der Waals surface area (Å²) in [4.78, 5) is 12.3. The van der Waals surface area contributed by atoms with Gasteiger partial charge in [0.05, 0.1) is 12.2 Å². The second kappa shape index (κ2) is 5.30. The molecule has 30 heavy (non-hydrogen) atoms. The van der Waals surface area contributed by atoms with Crippen molar-refractivity contribution in [2.75, 3.05) is 0 Å². The molecule has 4 heteroatoms. The van der Waals surface area contributed by atoms with Gasteiger partial charge in [0.1, 0.15) is 11.7 Å². The first-order valence-electron chi connectivity index (χ1n) is 12.6. The van der Waals surface area contributed by atoms with Crippen LogP contribution < -0.4 is 0 Å². The van der Waals surface area contributed by atoms with Crippen molar-refractivity contribution < 1.29 is 19.0 Å². The molecule has 162 valence electrons. The van der Waals surface area contributed by atoms with Gasteiger partial charge in [0, 0.05) is 5.92 Å². The van der Waals surface area contributed by atoms with Gasteiger partial charge >= 0.3 is 6.16 Å². The Labute approximate surface area is 179 Å². The van der Waals surface area contributed by atoms with Crippen molar-refractivity contribution in [2.45, 2.75) is 70.4 Å². The van der Waals surface area contributed by atoms with Crippen molar-refractivity contribution in [3.8, 4) is 0 Å². The van der Waals surface area contributed by atoms with Gasteiger partial charge in [-0.3, -0.25) is 0 Å². The molecule has 6 aliphatic carbocycles. The van der Waals surface area contributed by atoms with Crippen LogP contribution in [0, 0.1) is 71.0 Å². The highest BCUT2D eigenvalue weighted by Gasteiger charge is 2.77. The lowest BCUT2D eigenvalue weighted by Gasteiger charge is -2.48. The molecule has 15 unspecified atom stereocenters. The molecule has 0 aromatic heterocycles. The molecular weight excluding hydrogens is 376 g/mol. The van der Waals surface area contributed by atoms with Gasteiger partial charge < -0.3 is 14.2 Å². The molecule has 0 radical (unpaired) electrons. The molecule has 5 saturated carbocycles. The van der Waals surface area contributed by atoms with Crippen LogP contribution in [0.15, 0.2) is 12.2 Å². The summed E-state index contributed by atoms with van der Waals surface area (Å²) < 4.78 is 18.2. The van der Waals surface area contributed by atoms with E-state index in [-0.39, 0.29) is 6.10 Å². The summed E-state index contributed by atoms with van der Waals surface area (Å²) in [5.74, 6) is 9.76. The van der Waals surface area contributed by atoms with Crippen LogP contribution in [0.4, 0.5) is 4.79 Å².